The first-order chi connectivity index (χ1) is 9.82. The van der Waals surface area contributed by atoms with Crippen molar-refractivity contribution in [3.8, 4) is 0 Å². The maximum Gasteiger partial charge on any atom is 0.252 e. The maximum atomic E-state index is 12.7. The molecule has 1 saturated heterocycles. The van der Waals surface area contributed by atoms with Crippen LogP contribution in [0.25, 0.3) is 0 Å². The van der Waals surface area contributed by atoms with Crippen molar-refractivity contribution in [2.45, 2.75) is 50.0 Å². The van der Waals surface area contributed by atoms with Gasteiger partial charge in [0.2, 0.25) is 0 Å². The number of ether oxygens (including phenoxy) is 1. The summed E-state index contributed by atoms with van der Waals surface area (Å²) in [4.78, 5) is 1.08. The first-order valence-electron chi connectivity index (χ1n) is 7.21. The second-order valence-electron chi connectivity index (χ2n) is 5.75. The summed E-state index contributed by atoms with van der Waals surface area (Å²) in [6, 6.07) is 2.11. The van der Waals surface area contributed by atoms with Crippen molar-refractivity contribution in [2.24, 2.45) is 0 Å². The standard InChI is InChI=1S/C14H24N2O3S2/c1-10(2)15-8-13-11(3)7-14(20-13)21(17,18)16(4)12-5-6-19-9-12/h7,10,12,15H,5-6,8-9H2,1-4H3. The molecule has 21 heavy (non-hydrogen) atoms. The van der Waals surface area contributed by atoms with Gasteiger partial charge in [-0.05, 0) is 25.0 Å². The molecule has 0 aliphatic carbocycles. The van der Waals surface area contributed by atoms with E-state index in [1.54, 1.807) is 13.1 Å². The summed E-state index contributed by atoms with van der Waals surface area (Å²) in [5.74, 6) is 0. The molecule has 1 fully saturated rings. The first kappa shape index (κ1) is 16.9. The fourth-order valence-corrected chi connectivity index (χ4v) is 5.33. The highest BCUT2D eigenvalue weighted by atomic mass is 32.2. The Hall–Kier alpha value is -0.470. The molecule has 2 heterocycles. The van der Waals surface area contributed by atoms with Crippen LogP contribution in [-0.4, -0.2) is 45.1 Å². The lowest BCUT2D eigenvalue weighted by Gasteiger charge is -2.21. The van der Waals surface area contributed by atoms with Crippen molar-refractivity contribution in [2.75, 3.05) is 20.3 Å². The van der Waals surface area contributed by atoms with Crippen LogP contribution < -0.4 is 5.32 Å². The Morgan fingerprint density at radius 2 is 2.24 bits per heavy atom. The van der Waals surface area contributed by atoms with Gasteiger partial charge in [0.1, 0.15) is 4.21 Å². The smallest absolute Gasteiger partial charge is 0.252 e. The number of sulfonamides is 1. The lowest BCUT2D eigenvalue weighted by Crippen LogP contribution is -2.36. The van der Waals surface area contributed by atoms with Crippen LogP contribution in [-0.2, 0) is 21.3 Å². The normalized spacial score (nSPS) is 19.8. The molecule has 7 heteroatoms. The lowest BCUT2D eigenvalue weighted by atomic mass is 10.3. The van der Waals surface area contributed by atoms with Crippen molar-refractivity contribution in [1.82, 2.24) is 9.62 Å². The van der Waals surface area contributed by atoms with E-state index in [1.165, 1.54) is 15.6 Å². The Kier molecular flexibility index (Phi) is 5.43. The zero-order chi connectivity index (χ0) is 15.6. The van der Waals surface area contributed by atoms with Gasteiger partial charge in [-0.2, -0.15) is 4.31 Å². The maximum absolute atomic E-state index is 12.7. The molecule has 0 radical (unpaired) electrons. The predicted octanol–water partition coefficient (Wildman–Crippen LogP) is 1.96. The van der Waals surface area contributed by atoms with E-state index in [2.05, 4.69) is 19.2 Å². The van der Waals surface area contributed by atoms with E-state index < -0.39 is 10.0 Å². The number of hydrogen-bond donors (Lipinski definition) is 1. The summed E-state index contributed by atoms with van der Waals surface area (Å²) in [6.07, 6.45) is 0.766. The topological polar surface area (TPSA) is 58.6 Å². The number of hydrogen-bond acceptors (Lipinski definition) is 5. The van der Waals surface area contributed by atoms with E-state index in [1.807, 2.05) is 6.92 Å². The molecule has 0 saturated carbocycles. The molecular weight excluding hydrogens is 308 g/mol. The molecule has 1 aliphatic rings. The molecule has 1 unspecified atom stereocenters. The summed E-state index contributed by atoms with van der Waals surface area (Å²) in [5, 5.41) is 3.33. The van der Waals surface area contributed by atoms with E-state index in [9.17, 15) is 8.42 Å². The third-order valence-corrected chi connectivity index (χ3v) is 7.32. The van der Waals surface area contributed by atoms with Crippen LogP contribution >= 0.6 is 11.3 Å². The highest BCUT2D eigenvalue weighted by Gasteiger charge is 2.32. The number of thiophene rings is 1. The molecule has 0 amide bonds. The van der Waals surface area contributed by atoms with E-state index in [-0.39, 0.29) is 6.04 Å². The molecule has 0 aromatic carbocycles. The average molecular weight is 332 g/mol. The van der Waals surface area contributed by atoms with Crippen LogP contribution in [0, 0.1) is 6.92 Å². The predicted molar refractivity (Wildman–Crippen MR) is 85.2 cm³/mol. The van der Waals surface area contributed by atoms with Crippen LogP contribution in [0.2, 0.25) is 0 Å². The number of likely N-dealkylation sites (N-methyl/N-ethyl adjacent to an activating group) is 1. The zero-order valence-electron chi connectivity index (χ0n) is 13.0. The summed E-state index contributed by atoms with van der Waals surface area (Å²) >= 11 is 1.36. The fourth-order valence-electron chi connectivity index (χ4n) is 2.24. The van der Waals surface area contributed by atoms with E-state index in [0.717, 1.165) is 16.9 Å². The average Bonchev–Trinajstić information content (AvgIpc) is 3.05. The monoisotopic (exact) mass is 332 g/mol. The van der Waals surface area contributed by atoms with Gasteiger partial charge < -0.3 is 10.1 Å². The van der Waals surface area contributed by atoms with E-state index in [4.69, 9.17) is 4.74 Å². The fraction of sp³-hybridized carbons (Fsp3) is 0.714. The number of aryl methyl sites for hydroxylation is 1. The summed E-state index contributed by atoms with van der Waals surface area (Å²) in [7, 11) is -1.77. The van der Waals surface area contributed by atoms with Crippen molar-refractivity contribution in [3.63, 3.8) is 0 Å². The Bertz CT molecular complexity index is 575. The van der Waals surface area contributed by atoms with Gasteiger partial charge in [-0.3, -0.25) is 0 Å². The molecule has 0 spiro atoms. The number of nitrogens with zero attached hydrogens (tertiary/aromatic N) is 1. The second kappa shape index (κ2) is 6.75. The Labute approximate surface area is 131 Å². The van der Waals surface area contributed by atoms with Gasteiger partial charge in [0.15, 0.2) is 0 Å². The van der Waals surface area contributed by atoms with Crippen LogP contribution in [0.3, 0.4) is 0 Å². The molecule has 5 nitrogen and oxygen atoms in total. The lowest BCUT2D eigenvalue weighted by molar-refractivity contribution is 0.181. The van der Waals surface area contributed by atoms with Crippen LogP contribution in [0.4, 0.5) is 0 Å². The van der Waals surface area contributed by atoms with Gasteiger partial charge >= 0.3 is 0 Å². The summed E-state index contributed by atoms with van der Waals surface area (Å²) < 4.78 is 32.5. The van der Waals surface area contributed by atoms with Crippen molar-refractivity contribution in [1.29, 1.82) is 0 Å². The molecule has 1 N–H and O–H groups in total. The van der Waals surface area contributed by atoms with Crippen molar-refractivity contribution in [3.05, 3.63) is 16.5 Å². The third kappa shape index (κ3) is 3.84. The molecule has 1 aromatic rings. The molecule has 1 atom stereocenters. The minimum absolute atomic E-state index is 0.0466. The highest BCUT2D eigenvalue weighted by Crippen LogP contribution is 2.30. The number of rotatable bonds is 6. The van der Waals surface area contributed by atoms with Gasteiger partial charge in [0.05, 0.1) is 12.6 Å². The van der Waals surface area contributed by atoms with Crippen LogP contribution in [0.15, 0.2) is 10.3 Å². The second-order valence-corrected chi connectivity index (χ2v) is 9.11. The first-order valence-corrected chi connectivity index (χ1v) is 9.46. The SMILES string of the molecule is Cc1cc(S(=O)(=O)N(C)C2CCOC2)sc1CNC(C)C. The van der Waals surface area contributed by atoms with Gasteiger partial charge in [-0.25, -0.2) is 8.42 Å². The molecule has 1 aliphatic heterocycles. The summed E-state index contributed by atoms with van der Waals surface area (Å²) in [6.45, 7) is 7.95. The third-order valence-electron chi connectivity index (χ3n) is 3.72. The molecule has 120 valence electrons. The van der Waals surface area contributed by atoms with E-state index >= 15 is 0 Å². The Morgan fingerprint density at radius 1 is 1.52 bits per heavy atom. The van der Waals surface area contributed by atoms with Gasteiger partial charge in [0.25, 0.3) is 10.0 Å². The Balaban J connectivity index is 2.18. The van der Waals surface area contributed by atoms with Crippen molar-refractivity contribution < 1.29 is 13.2 Å². The molecule has 1 aromatic heterocycles. The minimum Gasteiger partial charge on any atom is -0.380 e. The van der Waals surface area contributed by atoms with Gasteiger partial charge in [-0.15, -0.1) is 11.3 Å². The van der Waals surface area contributed by atoms with E-state index in [0.29, 0.717) is 30.0 Å². The molecule has 2 rings (SSSR count). The largest absolute Gasteiger partial charge is 0.380 e. The molecule has 0 bridgehead atoms. The summed E-state index contributed by atoms with van der Waals surface area (Å²) in [5.41, 5.74) is 1.03. The molecular formula is C14H24N2O3S2. The number of nitrogens with one attached hydrogen (secondary N) is 1. The highest BCUT2D eigenvalue weighted by molar-refractivity contribution is 7.91. The minimum atomic E-state index is -3.42. The van der Waals surface area contributed by atoms with Crippen LogP contribution in [0.5, 0.6) is 0 Å². The van der Waals surface area contributed by atoms with Gasteiger partial charge in [-0.1, -0.05) is 13.8 Å². The zero-order valence-corrected chi connectivity index (χ0v) is 14.7. The van der Waals surface area contributed by atoms with Crippen molar-refractivity contribution >= 4 is 21.4 Å². The van der Waals surface area contributed by atoms with Crippen LogP contribution in [0.1, 0.15) is 30.7 Å². The van der Waals surface area contributed by atoms with Gasteiger partial charge in [0, 0.05) is 31.1 Å². The Morgan fingerprint density at radius 3 is 2.81 bits per heavy atom. The quantitative estimate of drug-likeness (QED) is 0.865.